The standard InChI is InChI=1S/C13H21NO3/c1-4-5-6-7-8-13(2,3)10-9-14-12(16)17-11(10)15/h9H,4-8H2,1-3H3,(H,14,16). The second kappa shape index (κ2) is 5.84. The highest BCUT2D eigenvalue weighted by atomic mass is 16.4. The third-order valence-corrected chi connectivity index (χ3v) is 3.12. The van der Waals surface area contributed by atoms with Crippen LogP contribution >= 0.6 is 0 Å². The number of hydrogen-bond donors (Lipinski definition) is 1. The third kappa shape index (κ3) is 3.88. The van der Waals surface area contributed by atoms with E-state index in [-0.39, 0.29) is 5.41 Å². The first kappa shape index (κ1) is 13.7. The molecule has 0 unspecified atom stereocenters. The van der Waals surface area contributed by atoms with Gasteiger partial charge in [-0.1, -0.05) is 46.5 Å². The van der Waals surface area contributed by atoms with Crippen molar-refractivity contribution in [2.24, 2.45) is 0 Å². The maximum Gasteiger partial charge on any atom is 0.419 e. The molecule has 1 heterocycles. The highest BCUT2D eigenvalue weighted by molar-refractivity contribution is 5.14. The molecule has 0 saturated carbocycles. The Morgan fingerprint density at radius 3 is 2.53 bits per heavy atom. The lowest BCUT2D eigenvalue weighted by Crippen LogP contribution is -2.28. The average Bonchev–Trinajstić information content (AvgIpc) is 2.24. The molecule has 0 amide bonds. The molecule has 1 rings (SSSR count). The summed E-state index contributed by atoms with van der Waals surface area (Å²) >= 11 is 0. The largest absolute Gasteiger partial charge is 0.419 e. The van der Waals surface area contributed by atoms with Crippen molar-refractivity contribution >= 4 is 0 Å². The summed E-state index contributed by atoms with van der Waals surface area (Å²) in [5.41, 5.74) is -0.221. The Labute approximate surface area is 101 Å². The van der Waals surface area contributed by atoms with Crippen molar-refractivity contribution in [1.82, 2.24) is 4.98 Å². The zero-order valence-corrected chi connectivity index (χ0v) is 10.8. The number of rotatable bonds is 6. The van der Waals surface area contributed by atoms with Gasteiger partial charge in [0.25, 0.3) is 0 Å². The van der Waals surface area contributed by atoms with Gasteiger partial charge in [-0.3, -0.25) is 4.98 Å². The maximum absolute atomic E-state index is 11.6. The topological polar surface area (TPSA) is 63.1 Å². The smallest absolute Gasteiger partial charge is 0.372 e. The minimum atomic E-state index is -0.694. The predicted molar refractivity (Wildman–Crippen MR) is 67.4 cm³/mol. The van der Waals surface area contributed by atoms with Crippen LogP contribution in [0.3, 0.4) is 0 Å². The second-order valence-corrected chi connectivity index (χ2v) is 5.07. The summed E-state index contributed by atoms with van der Waals surface area (Å²) in [5, 5.41) is 0. The fraction of sp³-hybridized carbons (Fsp3) is 0.692. The van der Waals surface area contributed by atoms with Crippen molar-refractivity contribution in [3.8, 4) is 0 Å². The lowest BCUT2D eigenvalue weighted by atomic mass is 9.81. The number of unbranched alkanes of at least 4 members (excludes halogenated alkanes) is 3. The van der Waals surface area contributed by atoms with E-state index in [1.165, 1.54) is 25.5 Å². The van der Waals surface area contributed by atoms with E-state index < -0.39 is 11.4 Å². The quantitative estimate of drug-likeness (QED) is 0.776. The van der Waals surface area contributed by atoms with Crippen molar-refractivity contribution < 1.29 is 4.42 Å². The molecule has 0 radical (unpaired) electrons. The van der Waals surface area contributed by atoms with E-state index in [1.54, 1.807) is 0 Å². The van der Waals surface area contributed by atoms with E-state index in [0.29, 0.717) is 5.56 Å². The monoisotopic (exact) mass is 239 g/mol. The van der Waals surface area contributed by atoms with Gasteiger partial charge in [-0.05, 0) is 11.8 Å². The van der Waals surface area contributed by atoms with Gasteiger partial charge in [0.15, 0.2) is 0 Å². The number of nitrogens with one attached hydrogen (secondary N) is 1. The van der Waals surface area contributed by atoms with Crippen LogP contribution in [0.5, 0.6) is 0 Å². The molecule has 0 aliphatic carbocycles. The van der Waals surface area contributed by atoms with Gasteiger partial charge in [0.05, 0.1) is 5.56 Å². The van der Waals surface area contributed by atoms with Crippen molar-refractivity contribution in [3.05, 3.63) is 32.7 Å². The van der Waals surface area contributed by atoms with Crippen molar-refractivity contribution in [1.29, 1.82) is 0 Å². The highest BCUT2D eigenvalue weighted by Gasteiger charge is 2.24. The Kier molecular flexibility index (Phi) is 4.73. The van der Waals surface area contributed by atoms with Crippen molar-refractivity contribution in [3.63, 3.8) is 0 Å². The second-order valence-electron chi connectivity index (χ2n) is 5.07. The Bertz CT molecular complexity index is 456. The molecule has 0 fully saturated rings. The van der Waals surface area contributed by atoms with Crippen LogP contribution < -0.4 is 11.4 Å². The van der Waals surface area contributed by atoms with Crippen molar-refractivity contribution in [2.45, 2.75) is 58.3 Å². The molecule has 96 valence electrons. The van der Waals surface area contributed by atoms with Crippen LogP contribution in [0, 0.1) is 0 Å². The Hall–Kier alpha value is -1.32. The average molecular weight is 239 g/mol. The summed E-state index contributed by atoms with van der Waals surface area (Å²) in [6.45, 7) is 6.18. The van der Waals surface area contributed by atoms with Crippen LogP contribution in [-0.2, 0) is 5.41 Å². The molecule has 4 heteroatoms. The molecule has 1 aromatic rings. The molecular weight excluding hydrogens is 218 g/mol. The lowest BCUT2D eigenvalue weighted by molar-refractivity contribution is 0.388. The van der Waals surface area contributed by atoms with Crippen molar-refractivity contribution in [2.75, 3.05) is 0 Å². The van der Waals surface area contributed by atoms with E-state index in [4.69, 9.17) is 0 Å². The molecule has 0 saturated heterocycles. The summed E-state index contributed by atoms with van der Waals surface area (Å²) in [4.78, 5) is 24.9. The number of hydrogen-bond acceptors (Lipinski definition) is 3. The van der Waals surface area contributed by atoms with E-state index in [9.17, 15) is 9.59 Å². The first-order valence-corrected chi connectivity index (χ1v) is 6.20. The number of H-pyrrole nitrogens is 1. The predicted octanol–water partition coefficient (Wildman–Crippen LogP) is 2.58. The van der Waals surface area contributed by atoms with Crippen LogP contribution in [0.1, 0.15) is 58.4 Å². The van der Waals surface area contributed by atoms with Gasteiger partial charge in [-0.2, -0.15) is 0 Å². The summed E-state index contributed by atoms with van der Waals surface area (Å²) < 4.78 is 4.56. The van der Waals surface area contributed by atoms with Crippen LogP contribution in [0.2, 0.25) is 0 Å². The van der Waals surface area contributed by atoms with Gasteiger partial charge >= 0.3 is 11.4 Å². The van der Waals surface area contributed by atoms with Crippen LogP contribution in [0.25, 0.3) is 0 Å². The Morgan fingerprint density at radius 2 is 1.94 bits per heavy atom. The molecule has 0 aliphatic rings. The van der Waals surface area contributed by atoms with Gasteiger partial charge in [-0.15, -0.1) is 0 Å². The first-order chi connectivity index (χ1) is 7.97. The molecule has 0 aliphatic heterocycles. The normalized spacial score (nSPS) is 11.7. The molecule has 0 bridgehead atoms. The molecular formula is C13H21NO3. The SMILES string of the molecule is CCCCCCC(C)(C)c1c[nH]c(=O)oc1=O. The molecule has 17 heavy (non-hydrogen) atoms. The third-order valence-electron chi connectivity index (χ3n) is 3.12. The molecule has 0 aromatic carbocycles. The fourth-order valence-corrected chi connectivity index (χ4v) is 1.96. The van der Waals surface area contributed by atoms with Gasteiger partial charge < -0.3 is 4.42 Å². The fourth-order valence-electron chi connectivity index (χ4n) is 1.96. The van der Waals surface area contributed by atoms with Gasteiger partial charge in [0, 0.05) is 6.20 Å². The van der Waals surface area contributed by atoms with E-state index in [1.807, 2.05) is 13.8 Å². The van der Waals surface area contributed by atoms with Gasteiger partial charge in [0.2, 0.25) is 0 Å². The number of aromatic nitrogens is 1. The van der Waals surface area contributed by atoms with Crippen LogP contribution in [0.15, 0.2) is 20.2 Å². The molecule has 0 spiro atoms. The lowest BCUT2D eigenvalue weighted by Gasteiger charge is -2.23. The first-order valence-electron chi connectivity index (χ1n) is 6.20. The zero-order valence-electron chi connectivity index (χ0n) is 10.8. The minimum absolute atomic E-state index is 0.251. The van der Waals surface area contributed by atoms with Crippen LogP contribution in [-0.4, -0.2) is 4.98 Å². The summed E-state index contributed by atoms with van der Waals surface area (Å²) in [6, 6.07) is 0. The van der Waals surface area contributed by atoms with E-state index in [0.717, 1.165) is 12.8 Å². The Morgan fingerprint density at radius 1 is 1.24 bits per heavy atom. The minimum Gasteiger partial charge on any atom is -0.372 e. The van der Waals surface area contributed by atoms with Crippen LogP contribution in [0.4, 0.5) is 0 Å². The maximum atomic E-state index is 11.6. The van der Waals surface area contributed by atoms with Gasteiger partial charge in [0.1, 0.15) is 0 Å². The molecule has 4 nitrogen and oxygen atoms in total. The molecule has 1 aromatic heterocycles. The number of aromatic amines is 1. The zero-order chi connectivity index (χ0) is 12.9. The summed E-state index contributed by atoms with van der Waals surface area (Å²) in [6.07, 6.45) is 7.07. The summed E-state index contributed by atoms with van der Waals surface area (Å²) in [5.74, 6) is -0.694. The van der Waals surface area contributed by atoms with E-state index >= 15 is 0 Å². The Balaban J connectivity index is 2.75. The summed E-state index contributed by atoms with van der Waals surface area (Å²) in [7, 11) is 0. The highest BCUT2D eigenvalue weighted by Crippen LogP contribution is 2.26. The molecule has 1 N–H and O–H groups in total. The molecule has 0 atom stereocenters. The van der Waals surface area contributed by atoms with E-state index in [2.05, 4.69) is 16.3 Å². The van der Waals surface area contributed by atoms with Gasteiger partial charge in [-0.25, -0.2) is 9.59 Å².